The first-order chi connectivity index (χ1) is 10.9. The topological polar surface area (TPSA) is 58.3 Å². The van der Waals surface area contributed by atoms with E-state index >= 15 is 0 Å². The van der Waals surface area contributed by atoms with Crippen molar-refractivity contribution >= 4 is 5.82 Å². The SMILES string of the molecule is c1cc(N(C2CC2)C2CCN(Cc3ncco3)CC2)ncn1. The maximum Gasteiger partial charge on any atom is 0.208 e. The highest BCUT2D eigenvalue weighted by Crippen LogP contribution is 2.35. The molecule has 2 fully saturated rings. The number of likely N-dealkylation sites (tertiary alicyclic amines) is 1. The summed E-state index contributed by atoms with van der Waals surface area (Å²) in [4.78, 5) is 17.7. The van der Waals surface area contributed by atoms with E-state index in [0.717, 1.165) is 31.3 Å². The average molecular weight is 299 g/mol. The molecule has 2 aliphatic rings. The monoisotopic (exact) mass is 299 g/mol. The van der Waals surface area contributed by atoms with Crippen LogP contribution in [0, 0.1) is 0 Å². The fraction of sp³-hybridized carbons (Fsp3) is 0.562. The zero-order valence-electron chi connectivity index (χ0n) is 12.6. The van der Waals surface area contributed by atoms with Gasteiger partial charge in [-0.05, 0) is 31.7 Å². The predicted octanol–water partition coefficient (Wildman–Crippen LogP) is 2.10. The van der Waals surface area contributed by atoms with Crippen molar-refractivity contribution in [1.29, 1.82) is 0 Å². The Morgan fingerprint density at radius 2 is 1.91 bits per heavy atom. The summed E-state index contributed by atoms with van der Waals surface area (Å²) in [5.41, 5.74) is 0. The van der Waals surface area contributed by atoms with Crippen molar-refractivity contribution in [3.05, 3.63) is 36.9 Å². The molecule has 0 atom stereocenters. The van der Waals surface area contributed by atoms with Crippen LogP contribution >= 0.6 is 0 Å². The van der Waals surface area contributed by atoms with Gasteiger partial charge in [0.2, 0.25) is 5.89 Å². The molecule has 0 unspecified atom stereocenters. The Hall–Kier alpha value is -1.95. The van der Waals surface area contributed by atoms with Gasteiger partial charge in [-0.1, -0.05) is 0 Å². The highest BCUT2D eigenvalue weighted by Gasteiger charge is 2.36. The third kappa shape index (κ3) is 2.97. The molecule has 1 aliphatic heterocycles. The molecule has 116 valence electrons. The molecular weight excluding hydrogens is 278 g/mol. The molecule has 1 saturated heterocycles. The standard InChI is InChI=1S/C16H21N5O/c1-2-13(1)21(15-3-6-17-12-19-15)14-4-8-20(9-5-14)11-16-18-7-10-22-16/h3,6-7,10,12-14H,1-2,4-5,8-9,11H2. The quantitative estimate of drug-likeness (QED) is 0.842. The maximum atomic E-state index is 5.35. The van der Waals surface area contributed by atoms with Crippen LogP contribution in [0.3, 0.4) is 0 Å². The second kappa shape index (κ2) is 6.04. The molecule has 0 radical (unpaired) electrons. The van der Waals surface area contributed by atoms with Crippen molar-refractivity contribution < 1.29 is 4.42 Å². The van der Waals surface area contributed by atoms with Gasteiger partial charge in [0.05, 0.1) is 12.7 Å². The van der Waals surface area contributed by atoms with E-state index in [9.17, 15) is 0 Å². The Kier molecular flexibility index (Phi) is 3.76. The van der Waals surface area contributed by atoms with Crippen LogP contribution in [0.15, 0.2) is 35.5 Å². The molecule has 0 spiro atoms. The van der Waals surface area contributed by atoms with E-state index in [2.05, 4.69) is 24.8 Å². The molecule has 4 rings (SSSR count). The highest BCUT2D eigenvalue weighted by molar-refractivity contribution is 5.41. The molecule has 0 N–H and O–H groups in total. The van der Waals surface area contributed by atoms with Crippen LogP contribution < -0.4 is 4.90 Å². The summed E-state index contributed by atoms with van der Waals surface area (Å²) in [6.07, 6.45) is 11.8. The van der Waals surface area contributed by atoms with Crippen LogP contribution in [-0.2, 0) is 6.54 Å². The number of aromatic nitrogens is 3. The number of rotatable bonds is 5. The van der Waals surface area contributed by atoms with Gasteiger partial charge in [-0.25, -0.2) is 15.0 Å². The van der Waals surface area contributed by atoms with Crippen molar-refractivity contribution in [2.75, 3.05) is 18.0 Å². The van der Waals surface area contributed by atoms with E-state index < -0.39 is 0 Å². The summed E-state index contributed by atoms with van der Waals surface area (Å²) in [5.74, 6) is 1.90. The van der Waals surface area contributed by atoms with Crippen molar-refractivity contribution in [2.24, 2.45) is 0 Å². The molecule has 0 bridgehead atoms. The van der Waals surface area contributed by atoms with Crippen molar-refractivity contribution in [3.8, 4) is 0 Å². The molecule has 0 aromatic carbocycles. The third-order valence-corrected chi connectivity index (χ3v) is 4.56. The zero-order valence-corrected chi connectivity index (χ0v) is 12.6. The lowest BCUT2D eigenvalue weighted by molar-refractivity contribution is 0.184. The first kappa shape index (κ1) is 13.7. The molecule has 0 amide bonds. The van der Waals surface area contributed by atoms with E-state index in [1.807, 2.05) is 12.3 Å². The second-order valence-electron chi connectivity index (χ2n) is 6.14. The smallest absolute Gasteiger partial charge is 0.208 e. The van der Waals surface area contributed by atoms with Crippen LogP contribution in [0.25, 0.3) is 0 Å². The summed E-state index contributed by atoms with van der Waals surface area (Å²) in [7, 11) is 0. The zero-order chi connectivity index (χ0) is 14.8. The maximum absolute atomic E-state index is 5.35. The van der Waals surface area contributed by atoms with E-state index in [1.54, 1.807) is 18.8 Å². The van der Waals surface area contributed by atoms with Crippen molar-refractivity contribution in [2.45, 2.75) is 44.3 Å². The third-order valence-electron chi connectivity index (χ3n) is 4.56. The van der Waals surface area contributed by atoms with Crippen LogP contribution in [0.4, 0.5) is 5.82 Å². The molecule has 2 aromatic heterocycles. The Morgan fingerprint density at radius 3 is 2.55 bits per heavy atom. The molecule has 6 heteroatoms. The molecule has 1 saturated carbocycles. The normalized spacial score (nSPS) is 20.2. The van der Waals surface area contributed by atoms with Crippen LogP contribution in [-0.4, -0.2) is 45.0 Å². The van der Waals surface area contributed by atoms with Gasteiger partial charge in [-0.3, -0.25) is 4.90 Å². The van der Waals surface area contributed by atoms with Gasteiger partial charge in [-0.2, -0.15) is 0 Å². The van der Waals surface area contributed by atoms with Crippen LogP contribution in [0.2, 0.25) is 0 Å². The van der Waals surface area contributed by atoms with E-state index in [-0.39, 0.29) is 0 Å². The number of nitrogens with zero attached hydrogens (tertiary/aromatic N) is 5. The molecule has 1 aliphatic carbocycles. The van der Waals surface area contributed by atoms with Gasteiger partial charge >= 0.3 is 0 Å². The average Bonchev–Trinajstić information content (AvgIpc) is 3.26. The molecule has 6 nitrogen and oxygen atoms in total. The van der Waals surface area contributed by atoms with E-state index in [0.29, 0.717) is 12.1 Å². The van der Waals surface area contributed by atoms with Gasteiger partial charge in [-0.15, -0.1) is 0 Å². The Morgan fingerprint density at radius 1 is 1.09 bits per heavy atom. The van der Waals surface area contributed by atoms with Gasteiger partial charge in [0.15, 0.2) is 0 Å². The predicted molar refractivity (Wildman–Crippen MR) is 82.3 cm³/mol. The number of anilines is 1. The minimum Gasteiger partial charge on any atom is -0.448 e. The number of hydrogen-bond donors (Lipinski definition) is 0. The van der Waals surface area contributed by atoms with Gasteiger partial charge in [0, 0.05) is 31.4 Å². The molecule has 22 heavy (non-hydrogen) atoms. The summed E-state index contributed by atoms with van der Waals surface area (Å²) < 4.78 is 5.35. The molecule has 3 heterocycles. The fourth-order valence-electron chi connectivity index (χ4n) is 3.34. The Balaban J connectivity index is 1.39. The van der Waals surface area contributed by atoms with Gasteiger partial charge < -0.3 is 9.32 Å². The van der Waals surface area contributed by atoms with Crippen LogP contribution in [0.5, 0.6) is 0 Å². The molecular formula is C16H21N5O. The Labute approximate surface area is 130 Å². The lowest BCUT2D eigenvalue weighted by Gasteiger charge is -2.39. The van der Waals surface area contributed by atoms with Gasteiger partial charge in [0.1, 0.15) is 18.4 Å². The minimum absolute atomic E-state index is 0.586. The van der Waals surface area contributed by atoms with Crippen LogP contribution in [0.1, 0.15) is 31.6 Å². The lowest BCUT2D eigenvalue weighted by atomic mass is 10.0. The lowest BCUT2D eigenvalue weighted by Crippen LogP contribution is -2.46. The fourth-order valence-corrected chi connectivity index (χ4v) is 3.34. The van der Waals surface area contributed by atoms with E-state index in [4.69, 9.17) is 4.42 Å². The first-order valence-corrected chi connectivity index (χ1v) is 8.05. The second-order valence-corrected chi connectivity index (χ2v) is 6.14. The summed E-state index contributed by atoms with van der Waals surface area (Å²) >= 11 is 0. The summed E-state index contributed by atoms with van der Waals surface area (Å²) in [5, 5.41) is 0. The first-order valence-electron chi connectivity index (χ1n) is 8.05. The Bertz CT molecular complexity index is 576. The van der Waals surface area contributed by atoms with E-state index in [1.165, 1.54) is 25.7 Å². The number of piperidine rings is 1. The largest absolute Gasteiger partial charge is 0.448 e. The number of hydrogen-bond acceptors (Lipinski definition) is 6. The highest BCUT2D eigenvalue weighted by atomic mass is 16.3. The summed E-state index contributed by atoms with van der Waals surface area (Å²) in [6.45, 7) is 2.99. The van der Waals surface area contributed by atoms with Gasteiger partial charge in [0.25, 0.3) is 0 Å². The minimum atomic E-state index is 0.586. The molecule has 2 aromatic rings. The van der Waals surface area contributed by atoms with Crippen molar-refractivity contribution in [1.82, 2.24) is 19.9 Å². The number of oxazole rings is 1. The summed E-state index contributed by atoms with van der Waals surface area (Å²) in [6, 6.07) is 3.30. The van der Waals surface area contributed by atoms with Crippen molar-refractivity contribution in [3.63, 3.8) is 0 Å².